The van der Waals surface area contributed by atoms with Gasteiger partial charge in [0.1, 0.15) is 18.0 Å². The van der Waals surface area contributed by atoms with Crippen LogP contribution in [0, 0.1) is 5.82 Å². The van der Waals surface area contributed by atoms with Crippen LogP contribution in [0.2, 0.25) is 0 Å². The lowest BCUT2D eigenvalue weighted by Crippen LogP contribution is -2.04. The van der Waals surface area contributed by atoms with Crippen molar-refractivity contribution in [2.75, 3.05) is 0 Å². The van der Waals surface area contributed by atoms with Gasteiger partial charge in [-0.05, 0) is 48.4 Å². The molecule has 3 aromatic rings. The molecular formula is C15H13FN4. The maximum atomic E-state index is 12.9. The predicted molar refractivity (Wildman–Crippen MR) is 73.0 cm³/mol. The van der Waals surface area contributed by atoms with Crippen LogP contribution >= 0.6 is 0 Å². The third-order valence-electron chi connectivity index (χ3n) is 3.08. The van der Waals surface area contributed by atoms with Crippen LogP contribution in [0.15, 0.2) is 55.1 Å². The Bertz CT molecular complexity index is 677. The van der Waals surface area contributed by atoms with Crippen molar-refractivity contribution < 1.29 is 4.39 Å². The minimum atomic E-state index is -0.257. The molecule has 0 bridgehead atoms. The summed E-state index contributed by atoms with van der Waals surface area (Å²) in [4.78, 5) is 8.27. The highest BCUT2D eigenvalue weighted by atomic mass is 19.1. The number of aromatic nitrogens is 4. The van der Waals surface area contributed by atoms with Gasteiger partial charge in [-0.2, -0.15) is 5.10 Å². The van der Waals surface area contributed by atoms with Gasteiger partial charge in [-0.15, -0.1) is 0 Å². The molecule has 100 valence electrons. The molecule has 20 heavy (non-hydrogen) atoms. The molecule has 0 aliphatic rings. The van der Waals surface area contributed by atoms with E-state index in [1.165, 1.54) is 24.0 Å². The highest BCUT2D eigenvalue weighted by molar-refractivity contribution is 5.31. The molecular weight excluding hydrogens is 255 g/mol. The molecule has 2 aromatic heterocycles. The zero-order valence-electron chi connectivity index (χ0n) is 10.8. The molecule has 3 rings (SSSR count). The molecule has 0 atom stereocenters. The van der Waals surface area contributed by atoms with Crippen molar-refractivity contribution in [2.45, 2.75) is 12.8 Å². The Kier molecular flexibility index (Phi) is 3.50. The molecule has 0 fully saturated rings. The second kappa shape index (κ2) is 5.61. The van der Waals surface area contributed by atoms with Crippen LogP contribution in [-0.2, 0) is 12.8 Å². The normalized spacial score (nSPS) is 10.7. The predicted octanol–water partition coefficient (Wildman–Crippen LogP) is 2.59. The smallest absolute Gasteiger partial charge is 0.138 e. The second-order valence-corrected chi connectivity index (χ2v) is 4.42. The molecule has 0 spiro atoms. The van der Waals surface area contributed by atoms with Crippen LogP contribution in [0.4, 0.5) is 4.39 Å². The summed E-state index contributed by atoms with van der Waals surface area (Å²) in [6, 6.07) is 10.2. The van der Waals surface area contributed by atoms with Gasteiger partial charge in [-0.1, -0.05) is 0 Å². The highest BCUT2D eigenvalue weighted by Crippen LogP contribution is 2.11. The number of rotatable bonds is 4. The third kappa shape index (κ3) is 2.71. The minimum Gasteiger partial charge on any atom is -0.265 e. The molecule has 4 nitrogen and oxygen atoms in total. The number of benzene rings is 1. The zero-order chi connectivity index (χ0) is 13.8. The van der Waals surface area contributed by atoms with E-state index in [0.717, 1.165) is 24.4 Å². The first kappa shape index (κ1) is 12.5. The van der Waals surface area contributed by atoms with Crippen molar-refractivity contribution >= 4 is 0 Å². The van der Waals surface area contributed by atoms with Gasteiger partial charge in [-0.25, -0.2) is 14.1 Å². The summed E-state index contributed by atoms with van der Waals surface area (Å²) < 4.78 is 14.7. The SMILES string of the molecule is Fc1ccc(-n2ncnc2CCc2ccncc2)cc1. The fraction of sp³-hybridized carbons (Fsp3) is 0.133. The lowest BCUT2D eigenvalue weighted by atomic mass is 10.1. The van der Waals surface area contributed by atoms with Crippen LogP contribution in [0.3, 0.4) is 0 Å². The van der Waals surface area contributed by atoms with Crippen LogP contribution in [0.5, 0.6) is 0 Å². The Balaban J connectivity index is 1.78. The highest BCUT2D eigenvalue weighted by Gasteiger charge is 2.07. The Morgan fingerprint density at radius 1 is 0.950 bits per heavy atom. The lowest BCUT2D eigenvalue weighted by Gasteiger charge is -2.06. The van der Waals surface area contributed by atoms with E-state index in [9.17, 15) is 4.39 Å². The Hall–Kier alpha value is -2.56. The molecule has 1 aromatic carbocycles. The average molecular weight is 268 g/mol. The van der Waals surface area contributed by atoms with Gasteiger partial charge in [0.25, 0.3) is 0 Å². The topological polar surface area (TPSA) is 43.6 Å². The minimum absolute atomic E-state index is 0.257. The fourth-order valence-electron chi connectivity index (χ4n) is 2.04. The number of halogens is 1. The lowest BCUT2D eigenvalue weighted by molar-refractivity contribution is 0.626. The van der Waals surface area contributed by atoms with E-state index in [4.69, 9.17) is 0 Å². The zero-order valence-corrected chi connectivity index (χ0v) is 10.8. The first-order chi connectivity index (χ1) is 9.83. The summed E-state index contributed by atoms with van der Waals surface area (Å²) in [5, 5.41) is 4.20. The summed E-state index contributed by atoms with van der Waals surface area (Å²) in [5.41, 5.74) is 2.02. The van der Waals surface area contributed by atoms with Crippen molar-refractivity contribution in [3.8, 4) is 5.69 Å². The van der Waals surface area contributed by atoms with Crippen LogP contribution in [-0.4, -0.2) is 19.7 Å². The molecule has 0 saturated heterocycles. The van der Waals surface area contributed by atoms with Crippen LogP contribution < -0.4 is 0 Å². The van der Waals surface area contributed by atoms with Gasteiger partial charge in [0.15, 0.2) is 0 Å². The molecule has 2 heterocycles. The van der Waals surface area contributed by atoms with E-state index in [-0.39, 0.29) is 5.82 Å². The summed E-state index contributed by atoms with van der Waals surface area (Å²) in [7, 11) is 0. The van der Waals surface area contributed by atoms with Gasteiger partial charge >= 0.3 is 0 Å². The van der Waals surface area contributed by atoms with Gasteiger partial charge < -0.3 is 0 Å². The van der Waals surface area contributed by atoms with E-state index >= 15 is 0 Å². The fourth-order valence-corrected chi connectivity index (χ4v) is 2.04. The average Bonchev–Trinajstić information content (AvgIpc) is 2.95. The summed E-state index contributed by atoms with van der Waals surface area (Å²) in [6.45, 7) is 0. The van der Waals surface area contributed by atoms with E-state index in [1.807, 2.05) is 12.1 Å². The number of aryl methyl sites for hydroxylation is 2. The van der Waals surface area contributed by atoms with Crippen LogP contribution in [0.25, 0.3) is 5.69 Å². The summed E-state index contributed by atoms with van der Waals surface area (Å²) in [6.07, 6.45) is 6.70. The van der Waals surface area contributed by atoms with Crippen molar-refractivity contribution in [2.24, 2.45) is 0 Å². The van der Waals surface area contributed by atoms with E-state index in [1.54, 1.807) is 29.2 Å². The van der Waals surface area contributed by atoms with E-state index in [2.05, 4.69) is 15.1 Å². The second-order valence-electron chi connectivity index (χ2n) is 4.42. The first-order valence-corrected chi connectivity index (χ1v) is 6.37. The number of hydrogen-bond acceptors (Lipinski definition) is 3. The molecule has 0 amide bonds. The number of pyridine rings is 1. The summed E-state index contributed by atoms with van der Waals surface area (Å²) in [5.74, 6) is 0.598. The Morgan fingerprint density at radius 2 is 1.70 bits per heavy atom. The molecule has 0 radical (unpaired) electrons. The maximum absolute atomic E-state index is 12.9. The molecule has 0 aliphatic heterocycles. The Morgan fingerprint density at radius 3 is 2.45 bits per heavy atom. The monoisotopic (exact) mass is 268 g/mol. The standard InChI is InChI=1S/C15H13FN4/c16-13-2-4-14(5-3-13)20-15(18-11-19-20)6-1-12-7-9-17-10-8-12/h2-5,7-11H,1,6H2. The number of nitrogens with zero attached hydrogens (tertiary/aromatic N) is 4. The first-order valence-electron chi connectivity index (χ1n) is 6.37. The maximum Gasteiger partial charge on any atom is 0.138 e. The van der Waals surface area contributed by atoms with Crippen molar-refractivity contribution in [1.82, 2.24) is 19.7 Å². The van der Waals surface area contributed by atoms with Gasteiger partial charge in [-0.3, -0.25) is 4.98 Å². The Labute approximate surface area is 115 Å². The molecule has 5 heteroatoms. The van der Waals surface area contributed by atoms with E-state index < -0.39 is 0 Å². The molecule has 0 unspecified atom stereocenters. The molecule has 0 aliphatic carbocycles. The van der Waals surface area contributed by atoms with Gasteiger partial charge in [0.2, 0.25) is 0 Å². The van der Waals surface area contributed by atoms with Gasteiger partial charge in [0, 0.05) is 18.8 Å². The van der Waals surface area contributed by atoms with Crippen molar-refractivity contribution in [3.63, 3.8) is 0 Å². The quantitative estimate of drug-likeness (QED) is 0.730. The molecule has 0 N–H and O–H groups in total. The molecule has 0 saturated carbocycles. The van der Waals surface area contributed by atoms with Crippen molar-refractivity contribution in [1.29, 1.82) is 0 Å². The summed E-state index contributed by atoms with van der Waals surface area (Å²) >= 11 is 0. The number of hydrogen-bond donors (Lipinski definition) is 0. The third-order valence-corrected chi connectivity index (χ3v) is 3.08. The largest absolute Gasteiger partial charge is 0.265 e. The van der Waals surface area contributed by atoms with E-state index in [0.29, 0.717) is 0 Å². The van der Waals surface area contributed by atoms with Crippen LogP contribution in [0.1, 0.15) is 11.4 Å². The van der Waals surface area contributed by atoms with Crippen molar-refractivity contribution in [3.05, 3.63) is 72.3 Å². The van der Waals surface area contributed by atoms with Gasteiger partial charge in [0.05, 0.1) is 5.69 Å².